The molecular weight excluding hydrogens is 474 g/mol. The maximum atomic E-state index is 12.4. The normalized spacial score (nSPS) is 13.2. The second-order valence-corrected chi connectivity index (χ2v) is 8.55. The van der Waals surface area contributed by atoms with Crippen molar-refractivity contribution < 1.29 is 19.1 Å². The van der Waals surface area contributed by atoms with Crippen LogP contribution in [0.5, 0.6) is 0 Å². The van der Waals surface area contributed by atoms with Gasteiger partial charge in [0.25, 0.3) is 17.4 Å². The Morgan fingerprint density at radius 1 is 1.17 bits per heavy atom. The fraction of sp³-hybridized carbons (Fsp3) is 0.250. The van der Waals surface area contributed by atoms with E-state index in [-0.39, 0.29) is 43.4 Å². The standard InChI is InChI=1S/C20H16BrN3O5S/c1-11-10-30-20-22-13(8-16(25)24(11)20)9-29-17(26)3-2-6-23-18(27)14-5-4-12(21)7-15(14)19(23)28/h4-5,7-8,10H,2-3,6,9H2,1H3. The average molecular weight is 490 g/mol. The molecular formula is C20H16BrN3O5S. The summed E-state index contributed by atoms with van der Waals surface area (Å²) < 4.78 is 7.41. The number of imide groups is 1. The van der Waals surface area contributed by atoms with E-state index in [1.807, 2.05) is 12.3 Å². The Morgan fingerprint density at radius 2 is 1.93 bits per heavy atom. The van der Waals surface area contributed by atoms with E-state index in [1.54, 1.807) is 18.2 Å². The molecule has 0 aliphatic carbocycles. The topological polar surface area (TPSA) is 98.0 Å². The first kappa shape index (κ1) is 20.4. The molecule has 0 saturated heterocycles. The molecule has 1 aliphatic rings. The Hall–Kier alpha value is -2.85. The number of fused-ring (bicyclic) bond motifs is 2. The van der Waals surface area contributed by atoms with Crippen LogP contribution in [-0.4, -0.2) is 38.6 Å². The van der Waals surface area contributed by atoms with Crippen molar-refractivity contribution in [3.63, 3.8) is 0 Å². The van der Waals surface area contributed by atoms with Gasteiger partial charge in [0.1, 0.15) is 6.61 Å². The summed E-state index contributed by atoms with van der Waals surface area (Å²) in [5.41, 5.74) is 1.68. The molecule has 4 rings (SSSR count). The number of aryl methyl sites for hydroxylation is 1. The van der Waals surface area contributed by atoms with Crippen molar-refractivity contribution in [2.75, 3.05) is 6.54 Å². The van der Waals surface area contributed by atoms with Crippen LogP contribution < -0.4 is 5.56 Å². The molecule has 1 aliphatic heterocycles. The number of amides is 2. The maximum Gasteiger partial charge on any atom is 0.306 e. The highest BCUT2D eigenvalue weighted by molar-refractivity contribution is 9.10. The van der Waals surface area contributed by atoms with Crippen molar-refractivity contribution in [1.82, 2.24) is 14.3 Å². The number of aromatic nitrogens is 2. The number of thiazole rings is 1. The van der Waals surface area contributed by atoms with Crippen LogP contribution in [0, 0.1) is 6.92 Å². The third-order valence-corrected chi connectivity index (χ3v) is 6.14. The lowest BCUT2D eigenvalue weighted by Gasteiger charge is -2.13. The third-order valence-electron chi connectivity index (χ3n) is 4.71. The van der Waals surface area contributed by atoms with Gasteiger partial charge in [0.05, 0.1) is 16.8 Å². The fourth-order valence-corrected chi connectivity index (χ4v) is 4.50. The minimum Gasteiger partial charge on any atom is -0.459 e. The quantitative estimate of drug-likeness (QED) is 0.389. The molecule has 30 heavy (non-hydrogen) atoms. The minimum atomic E-state index is -0.487. The second-order valence-electron chi connectivity index (χ2n) is 6.80. The molecule has 2 amide bonds. The van der Waals surface area contributed by atoms with Crippen molar-refractivity contribution in [2.24, 2.45) is 0 Å². The highest BCUT2D eigenvalue weighted by atomic mass is 79.9. The van der Waals surface area contributed by atoms with Crippen LogP contribution in [0.25, 0.3) is 4.96 Å². The zero-order valence-electron chi connectivity index (χ0n) is 15.9. The molecule has 0 atom stereocenters. The zero-order valence-corrected chi connectivity index (χ0v) is 18.3. The molecule has 0 fully saturated rings. The van der Waals surface area contributed by atoms with Gasteiger partial charge in [0.2, 0.25) is 0 Å². The number of benzene rings is 1. The van der Waals surface area contributed by atoms with Crippen LogP contribution in [-0.2, 0) is 16.1 Å². The molecule has 3 heterocycles. The molecule has 3 aromatic rings. The molecule has 8 nitrogen and oxygen atoms in total. The first-order valence-corrected chi connectivity index (χ1v) is 10.8. The van der Waals surface area contributed by atoms with E-state index in [1.165, 1.54) is 21.8 Å². The van der Waals surface area contributed by atoms with E-state index >= 15 is 0 Å². The van der Waals surface area contributed by atoms with Crippen molar-refractivity contribution in [3.8, 4) is 0 Å². The summed E-state index contributed by atoms with van der Waals surface area (Å²) in [6.07, 6.45) is 0.321. The minimum absolute atomic E-state index is 0.0381. The molecule has 0 spiro atoms. The van der Waals surface area contributed by atoms with Gasteiger partial charge in [0.15, 0.2) is 4.96 Å². The fourth-order valence-electron chi connectivity index (χ4n) is 3.25. The van der Waals surface area contributed by atoms with Crippen LogP contribution >= 0.6 is 27.3 Å². The van der Waals surface area contributed by atoms with Gasteiger partial charge in [-0.2, -0.15) is 0 Å². The summed E-state index contributed by atoms with van der Waals surface area (Å²) >= 11 is 4.63. The van der Waals surface area contributed by atoms with Gasteiger partial charge in [-0.05, 0) is 31.5 Å². The van der Waals surface area contributed by atoms with Gasteiger partial charge in [-0.1, -0.05) is 15.9 Å². The molecule has 1 aromatic carbocycles. The lowest BCUT2D eigenvalue weighted by molar-refractivity contribution is -0.145. The number of carbonyl (C=O) groups is 3. The monoisotopic (exact) mass is 489 g/mol. The highest BCUT2D eigenvalue weighted by Gasteiger charge is 2.35. The van der Waals surface area contributed by atoms with Gasteiger partial charge in [-0.15, -0.1) is 11.3 Å². The largest absolute Gasteiger partial charge is 0.459 e. The predicted molar refractivity (Wildman–Crippen MR) is 113 cm³/mol. The van der Waals surface area contributed by atoms with E-state index in [9.17, 15) is 19.2 Å². The van der Waals surface area contributed by atoms with Crippen molar-refractivity contribution in [3.05, 3.63) is 67.0 Å². The average Bonchev–Trinajstić information content (AvgIpc) is 3.19. The summed E-state index contributed by atoms with van der Waals surface area (Å²) in [6, 6.07) is 6.27. The van der Waals surface area contributed by atoms with Gasteiger partial charge in [-0.3, -0.25) is 28.5 Å². The SMILES string of the molecule is Cc1csc2nc(COC(=O)CCCN3C(=O)c4ccc(Br)cc4C3=O)cc(=O)n12. The van der Waals surface area contributed by atoms with E-state index in [0.717, 1.165) is 15.1 Å². The van der Waals surface area contributed by atoms with Gasteiger partial charge in [-0.25, -0.2) is 4.98 Å². The Balaban J connectivity index is 1.30. The first-order valence-electron chi connectivity index (χ1n) is 9.13. The Labute approximate surface area is 183 Å². The summed E-state index contributed by atoms with van der Waals surface area (Å²) in [4.78, 5) is 55.0. The molecule has 154 valence electrons. The van der Waals surface area contributed by atoms with Crippen LogP contribution in [0.3, 0.4) is 0 Å². The number of nitrogens with zero attached hydrogens (tertiary/aromatic N) is 3. The molecule has 10 heteroatoms. The van der Waals surface area contributed by atoms with E-state index in [0.29, 0.717) is 21.8 Å². The summed E-state index contributed by atoms with van der Waals surface area (Å²) in [5, 5.41) is 1.83. The summed E-state index contributed by atoms with van der Waals surface area (Å²) in [6.45, 7) is 1.83. The smallest absolute Gasteiger partial charge is 0.306 e. The Bertz CT molecular complexity index is 1250. The summed E-state index contributed by atoms with van der Waals surface area (Å²) in [5.74, 6) is -1.22. The van der Waals surface area contributed by atoms with Crippen LogP contribution in [0.2, 0.25) is 0 Å². The number of esters is 1. The number of halogens is 1. The molecule has 0 radical (unpaired) electrons. The lowest BCUT2D eigenvalue weighted by Crippen LogP contribution is -2.31. The Morgan fingerprint density at radius 3 is 2.73 bits per heavy atom. The van der Waals surface area contributed by atoms with Crippen molar-refractivity contribution >= 4 is 50.0 Å². The Kier molecular flexibility index (Phi) is 5.52. The molecule has 0 bridgehead atoms. The molecule has 0 N–H and O–H groups in total. The molecule has 0 unspecified atom stereocenters. The second kappa shape index (κ2) is 8.11. The van der Waals surface area contributed by atoms with Crippen LogP contribution in [0.4, 0.5) is 0 Å². The number of hydrogen-bond donors (Lipinski definition) is 0. The van der Waals surface area contributed by atoms with Gasteiger partial charge >= 0.3 is 5.97 Å². The maximum absolute atomic E-state index is 12.4. The highest BCUT2D eigenvalue weighted by Crippen LogP contribution is 2.26. The van der Waals surface area contributed by atoms with E-state index in [2.05, 4.69) is 20.9 Å². The summed E-state index contributed by atoms with van der Waals surface area (Å²) in [7, 11) is 0. The van der Waals surface area contributed by atoms with E-state index in [4.69, 9.17) is 4.74 Å². The predicted octanol–water partition coefficient (Wildman–Crippen LogP) is 2.95. The number of rotatable bonds is 6. The van der Waals surface area contributed by atoms with Gasteiger partial charge < -0.3 is 4.74 Å². The number of hydrogen-bond acceptors (Lipinski definition) is 7. The van der Waals surface area contributed by atoms with Crippen LogP contribution in [0.15, 0.2) is 38.9 Å². The van der Waals surface area contributed by atoms with Crippen LogP contribution in [0.1, 0.15) is 44.9 Å². The van der Waals surface area contributed by atoms with Crippen molar-refractivity contribution in [1.29, 1.82) is 0 Å². The molecule has 2 aromatic heterocycles. The van der Waals surface area contributed by atoms with Crippen molar-refractivity contribution in [2.45, 2.75) is 26.4 Å². The third kappa shape index (κ3) is 3.80. The lowest BCUT2D eigenvalue weighted by atomic mass is 10.1. The molecule has 0 saturated carbocycles. The number of carbonyl (C=O) groups excluding carboxylic acids is 3. The first-order chi connectivity index (χ1) is 14.3. The van der Waals surface area contributed by atoms with E-state index < -0.39 is 5.97 Å². The number of ether oxygens (including phenoxy) is 1. The van der Waals surface area contributed by atoms with Gasteiger partial charge in [0, 0.05) is 34.6 Å². The zero-order chi connectivity index (χ0) is 21.4.